The van der Waals surface area contributed by atoms with Gasteiger partial charge < -0.3 is 5.73 Å². The van der Waals surface area contributed by atoms with Gasteiger partial charge in [-0.25, -0.2) is 0 Å². The van der Waals surface area contributed by atoms with Crippen molar-refractivity contribution in [1.82, 2.24) is 0 Å². The molecule has 1 nitrogen and oxygen atoms in total. The quantitative estimate of drug-likeness (QED) is 0.766. The van der Waals surface area contributed by atoms with Crippen molar-refractivity contribution in [2.75, 3.05) is 0 Å². The average Bonchev–Trinajstić information content (AvgIpc) is 2.56. The van der Waals surface area contributed by atoms with Crippen LogP contribution in [0.3, 0.4) is 0 Å². The molecule has 2 unspecified atom stereocenters. The Kier molecular flexibility index (Phi) is 5.20. The summed E-state index contributed by atoms with van der Waals surface area (Å²) in [4.78, 5) is 0. The Labute approximate surface area is 91.3 Å². The molecule has 2 atom stereocenters. The SMILES string of the molecule is CCCC(C)CC(N)Cc1ccsc1. The third-order valence-corrected chi connectivity index (χ3v) is 3.30. The van der Waals surface area contributed by atoms with Crippen LogP contribution in [0.2, 0.25) is 0 Å². The molecule has 0 aliphatic heterocycles. The highest BCUT2D eigenvalue weighted by molar-refractivity contribution is 7.07. The standard InChI is InChI=1S/C12H21NS/c1-3-4-10(2)7-12(13)8-11-5-6-14-9-11/h5-6,9-10,12H,3-4,7-8,13H2,1-2H3. The minimum absolute atomic E-state index is 0.339. The maximum atomic E-state index is 6.10. The van der Waals surface area contributed by atoms with E-state index >= 15 is 0 Å². The lowest BCUT2D eigenvalue weighted by atomic mass is 9.95. The Morgan fingerprint density at radius 3 is 2.86 bits per heavy atom. The van der Waals surface area contributed by atoms with Crippen LogP contribution in [0.4, 0.5) is 0 Å². The van der Waals surface area contributed by atoms with Crippen molar-refractivity contribution in [2.45, 2.75) is 45.6 Å². The third-order valence-electron chi connectivity index (χ3n) is 2.56. The summed E-state index contributed by atoms with van der Waals surface area (Å²) in [6, 6.07) is 2.51. The van der Waals surface area contributed by atoms with Gasteiger partial charge in [-0.1, -0.05) is 26.7 Å². The monoisotopic (exact) mass is 211 g/mol. The highest BCUT2D eigenvalue weighted by Crippen LogP contribution is 2.15. The normalized spacial score (nSPS) is 15.4. The molecule has 0 spiro atoms. The molecule has 1 aromatic heterocycles. The molecule has 1 rings (SSSR count). The van der Waals surface area contributed by atoms with E-state index in [1.54, 1.807) is 11.3 Å². The van der Waals surface area contributed by atoms with Gasteiger partial charge in [-0.2, -0.15) is 11.3 Å². The fraction of sp³-hybridized carbons (Fsp3) is 0.667. The Balaban J connectivity index is 2.25. The number of hydrogen-bond acceptors (Lipinski definition) is 2. The van der Waals surface area contributed by atoms with E-state index in [0.29, 0.717) is 6.04 Å². The van der Waals surface area contributed by atoms with Crippen LogP contribution in [-0.4, -0.2) is 6.04 Å². The second-order valence-corrected chi connectivity index (χ2v) is 5.01. The van der Waals surface area contributed by atoms with Gasteiger partial charge in [0.25, 0.3) is 0 Å². The van der Waals surface area contributed by atoms with Gasteiger partial charge in [0.2, 0.25) is 0 Å². The van der Waals surface area contributed by atoms with E-state index in [1.807, 2.05) is 0 Å². The van der Waals surface area contributed by atoms with E-state index < -0.39 is 0 Å². The van der Waals surface area contributed by atoms with E-state index in [4.69, 9.17) is 5.73 Å². The van der Waals surface area contributed by atoms with Crippen LogP contribution in [0.1, 0.15) is 38.7 Å². The van der Waals surface area contributed by atoms with Crippen LogP contribution in [0, 0.1) is 5.92 Å². The summed E-state index contributed by atoms with van der Waals surface area (Å²) in [7, 11) is 0. The largest absolute Gasteiger partial charge is 0.327 e. The first-order chi connectivity index (χ1) is 6.72. The van der Waals surface area contributed by atoms with Crippen molar-refractivity contribution in [3.63, 3.8) is 0 Å². The molecule has 80 valence electrons. The summed E-state index contributed by atoms with van der Waals surface area (Å²) in [6.45, 7) is 4.54. The Morgan fingerprint density at radius 1 is 1.50 bits per heavy atom. The average molecular weight is 211 g/mol. The minimum atomic E-state index is 0.339. The zero-order valence-corrected chi connectivity index (χ0v) is 10.0. The molecule has 14 heavy (non-hydrogen) atoms. The first-order valence-corrected chi connectivity index (χ1v) is 6.43. The Hall–Kier alpha value is -0.340. The molecule has 1 aromatic rings. The molecule has 0 bridgehead atoms. The fourth-order valence-electron chi connectivity index (χ4n) is 1.92. The molecule has 0 saturated carbocycles. The summed E-state index contributed by atoms with van der Waals surface area (Å²) in [5.74, 6) is 0.772. The molecule has 2 heteroatoms. The molecule has 1 heterocycles. The maximum absolute atomic E-state index is 6.10. The number of rotatable bonds is 6. The van der Waals surface area contributed by atoms with Crippen molar-refractivity contribution >= 4 is 11.3 Å². The summed E-state index contributed by atoms with van der Waals surface area (Å²) in [5, 5.41) is 4.32. The van der Waals surface area contributed by atoms with E-state index in [2.05, 4.69) is 30.7 Å². The van der Waals surface area contributed by atoms with Gasteiger partial charge in [-0.15, -0.1) is 0 Å². The fourth-order valence-corrected chi connectivity index (χ4v) is 2.60. The summed E-state index contributed by atoms with van der Waals surface area (Å²) >= 11 is 1.76. The number of thiophene rings is 1. The molecule has 0 saturated heterocycles. The molecule has 0 aliphatic rings. The van der Waals surface area contributed by atoms with Gasteiger partial charge in [0.05, 0.1) is 0 Å². The Morgan fingerprint density at radius 2 is 2.29 bits per heavy atom. The summed E-state index contributed by atoms with van der Waals surface area (Å²) < 4.78 is 0. The maximum Gasteiger partial charge on any atom is 0.00821 e. The van der Waals surface area contributed by atoms with Crippen LogP contribution in [0.5, 0.6) is 0 Å². The Bertz CT molecular complexity index is 230. The molecule has 0 fully saturated rings. The van der Waals surface area contributed by atoms with Gasteiger partial charge in [0.1, 0.15) is 0 Å². The summed E-state index contributed by atoms with van der Waals surface area (Å²) in [6.07, 6.45) is 4.77. The van der Waals surface area contributed by atoms with Crippen molar-refractivity contribution in [2.24, 2.45) is 11.7 Å². The van der Waals surface area contributed by atoms with Crippen molar-refractivity contribution < 1.29 is 0 Å². The molecule has 0 radical (unpaired) electrons. The van der Waals surface area contributed by atoms with E-state index in [0.717, 1.165) is 18.8 Å². The molecule has 0 amide bonds. The topological polar surface area (TPSA) is 26.0 Å². The highest BCUT2D eigenvalue weighted by atomic mass is 32.1. The van der Waals surface area contributed by atoms with Crippen LogP contribution in [0.15, 0.2) is 16.8 Å². The molecule has 0 aliphatic carbocycles. The van der Waals surface area contributed by atoms with Crippen LogP contribution >= 0.6 is 11.3 Å². The molecular formula is C12H21NS. The van der Waals surface area contributed by atoms with Crippen molar-refractivity contribution in [1.29, 1.82) is 0 Å². The van der Waals surface area contributed by atoms with Gasteiger partial charge >= 0.3 is 0 Å². The predicted molar refractivity (Wildman–Crippen MR) is 64.7 cm³/mol. The number of nitrogens with two attached hydrogens (primary N) is 1. The van der Waals surface area contributed by atoms with Crippen LogP contribution in [-0.2, 0) is 6.42 Å². The lowest BCUT2D eigenvalue weighted by Crippen LogP contribution is -2.25. The summed E-state index contributed by atoms with van der Waals surface area (Å²) in [5.41, 5.74) is 7.50. The predicted octanol–water partition coefficient (Wildman–Crippen LogP) is 3.44. The first-order valence-electron chi connectivity index (χ1n) is 5.49. The van der Waals surface area contributed by atoms with Gasteiger partial charge in [-0.05, 0) is 41.1 Å². The van der Waals surface area contributed by atoms with E-state index in [1.165, 1.54) is 18.4 Å². The lowest BCUT2D eigenvalue weighted by Gasteiger charge is -2.15. The molecule has 2 N–H and O–H groups in total. The van der Waals surface area contributed by atoms with Gasteiger partial charge in [-0.3, -0.25) is 0 Å². The second-order valence-electron chi connectivity index (χ2n) is 4.23. The zero-order valence-electron chi connectivity index (χ0n) is 9.20. The molecule has 0 aromatic carbocycles. The van der Waals surface area contributed by atoms with Gasteiger partial charge in [0, 0.05) is 6.04 Å². The first kappa shape index (κ1) is 11.7. The van der Waals surface area contributed by atoms with Gasteiger partial charge in [0.15, 0.2) is 0 Å². The van der Waals surface area contributed by atoms with Crippen molar-refractivity contribution in [3.05, 3.63) is 22.4 Å². The van der Waals surface area contributed by atoms with E-state index in [9.17, 15) is 0 Å². The minimum Gasteiger partial charge on any atom is -0.327 e. The molecular weight excluding hydrogens is 190 g/mol. The highest BCUT2D eigenvalue weighted by Gasteiger charge is 2.09. The van der Waals surface area contributed by atoms with Crippen LogP contribution in [0.25, 0.3) is 0 Å². The third kappa shape index (κ3) is 4.25. The van der Waals surface area contributed by atoms with E-state index in [-0.39, 0.29) is 0 Å². The lowest BCUT2D eigenvalue weighted by molar-refractivity contribution is 0.432. The van der Waals surface area contributed by atoms with Crippen LogP contribution < -0.4 is 5.73 Å². The second kappa shape index (κ2) is 6.20. The number of hydrogen-bond donors (Lipinski definition) is 1. The van der Waals surface area contributed by atoms with Crippen molar-refractivity contribution in [3.8, 4) is 0 Å². The zero-order chi connectivity index (χ0) is 10.4. The smallest absolute Gasteiger partial charge is 0.00821 e.